The fourth-order valence-electron chi connectivity index (χ4n) is 3.14. The number of rotatable bonds is 6. The van der Waals surface area contributed by atoms with Crippen LogP contribution in [0.25, 0.3) is 6.08 Å². The van der Waals surface area contributed by atoms with E-state index in [9.17, 15) is 28.9 Å². The van der Waals surface area contributed by atoms with Crippen LogP contribution in [-0.2, 0) is 11.3 Å². The number of imide groups is 1. The largest absolute Gasteiger partial charge is 0.423 e. The number of hydrogen-bond acceptors (Lipinski definition) is 7. The van der Waals surface area contributed by atoms with Crippen molar-refractivity contribution in [1.29, 1.82) is 0 Å². The van der Waals surface area contributed by atoms with Gasteiger partial charge in [0.05, 0.1) is 21.9 Å². The molecular formula is C24H15FN2O6S. The molecule has 1 fully saturated rings. The zero-order valence-corrected chi connectivity index (χ0v) is 18.2. The van der Waals surface area contributed by atoms with E-state index >= 15 is 0 Å². The summed E-state index contributed by atoms with van der Waals surface area (Å²) in [7, 11) is 0. The molecule has 0 aromatic heterocycles. The summed E-state index contributed by atoms with van der Waals surface area (Å²) in [6.07, 6.45) is 1.50. The van der Waals surface area contributed by atoms with E-state index < -0.39 is 27.9 Å². The van der Waals surface area contributed by atoms with Crippen molar-refractivity contribution in [3.05, 3.63) is 110 Å². The van der Waals surface area contributed by atoms with Crippen LogP contribution in [-0.4, -0.2) is 26.9 Å². The standard InChI is InChI=1S/C24H15FN2O6S/c25-18-9-7-15(8-10-18)14-26-22(28)21(34-24(26)30)12-16-3-1-6-20(11-16)33-23(29)17-4-2-5-19(13-17)27(31)32/h1-13H,14H2/b21-12-. The van der Waals surface area contributed by atoms with Crippen LogP contribution in [0.3, 0.4) is 0 Å². The third kappa shape index (κ3) is 5.18. The molecule has 3 aromatic carbocycles. The molecule has 1 aliphatic heterocycles. The average molecular weight is 478 g/mol. The highest BCUT2D eigenvalue weighted by Crippen LogP contribution is 2.33. The quantitative estimate of drug-likeness (QED) is 0.158. The Kier molecular flexibility index (Phi) is 6.51. The lowest BCUT2D eigenvalue weighted by atomic mass is 10.2. The first-order chi connectivity index (χ1) is 16.3. The Morgan fingerprint density at radius 2 is 1.79 bits per heavy atom. The van der Waals surface area contributed by atoms with E-state index in [1.54, 1.807) is 12.1 Å². The number of nitrogens with zero attached hydrogens (tertiary/aromatic N) is 2. The van der Waals surface area contributed by atoms with Crippen LogP contribution in [0.2, 0.25) is 0 Å². The maximum absolute atomic E-state index is 13.1. The predicted octanol–water partition coefficient (Wildman–Crippen LogP) is 5.19. The number of nitro benzene ring substituents is 1. The Labute approximate surface area is 196 Å². The number of carbonyl (C=O) groups is 3. The lowest BCUT2D eigenvalue weighted by Crippen LogP contribution is -2.27. The molecule has 0 N–H and O–H groups in total. The number of amides is 2. The SMILES string of the molecule is O=C(Oc1cccc(/C=C2\SC(=O)N(Cc3ccc(F)cc3)C2=O)c1)c1cccc([N+](=O)[O-])c1. The van der Waals surface area contributed by atoms with E-state index in [1.807, 2.05) is 0 Å². The molecule has 0 unspecified atom stereocenters. The molecular weight excluding hydrogens is 463 g/mol. The van der Waals surface area contributed by atoms with Gasteiger partial charge in [-0.3, -0.25) is 24.6 Å². The summed E-state index contributed by atoms with van der Waals surface area (Å²) in [4.78, 5) is 49.0. The maximum atomic E-state index is 13.1. The van der Waals surface area contributed by atoms with E-state index in [0.717, 1.165) is 22.7 Å². The molecule has 0 bridgehead atoms. The lowest BCUT2D eigenvalue weighted by Gasteiger charge is -2.12. The summed E-state index contributed by atoms with van der Waals surface area (Å²) in [5, 5.41) is 10.5. The summed E-state index contributed by atoms with van der Waals surface area (Å²) >= 11 is 0.773. The van der Waals surface area contributed by atoms with Crippen LogP contribution < -0.4 is 4.74 Å². The molecule has 1 heterocycles. The minimum Gasteiger partial charge on any atom is -0.423 e. The first-order valence-electron chi connectivity index (χ1n) is 9.87. The first kappa shape index (κ1) is 22.9. The molecule has 4 rings (SSSR count). The molecule has 1 aliphatic rings. The summed E-state index contributed by atoms with van der Waals surface area (Å²) in [5.41, 5.74) is 0.901. The molecule has 0 saturated carbocycles. The van der Waals surface area contributed by atoms with Gasteiger partial charge in [0.25, 0.3) is 16.8 Å². The highest BCUT2D eigenvalue weighted by Gasteiger charge is 2.35. The van der Waals surface area contributed by atoms with Gasteiger partial charge in [-0.05, 0) is 59.3 Å². The zero-order chi connectivity index (χ0) is 24.2. The van der Waals surface area contributed by atoms with Crippen molar-refractivity contribution in [2.45, 2.75) is 6.54 Å². The summed E-state index contributed by atoms with van der Waals surface area (Å²) < 4.78 is 18.4. The van der Waals surface area contributed by atoms with Crippen molar-refractivity contribution in [3.8, 4) is 5.75 Å². The van der Waals surface area contributed by atoms with Gasteiger partial charge in [-0.1, -0.05) is 30.3 Å². The van der Waals surface area contributed by atoms with E-state index in [4.69, 9.17) is 4.74 Å². The molecule has 0 radical (unpaired) electrons. The monoisotopic (exact) mass is 478 g/mol. The topological polar surface area (TPSA) is 107 Å². The second-order valence-corrected chi connectivity index (χ2v) is 8.16. The van der Waals surface area contributed by atoms with Gasteiger partial charge in [0.15, 0.2) is 0 Å². The molecule has 0 atom stereocenters. The second kappa shape index (κ2) is 9.67. The second-order valence-electron chi connectivity index (χ2n) is 7.16. The number of ether oxygens (including phenoxy) is 1. The fraction of sp³-hybridized carbons (Fsp3) is 0.0417. The predicted molar refractivity (Wildman–Crippen MR) is 122 cm³/mol. The minimum atomic E-state index is -0.777. The average Bonchev–Trinajstić information content (AvgIpc) is 3.08. The van der Waals surface area contributed by atoms with Crippen molar-refractivity contribution >= 4 is 40.6 Å². The molecule has 3 aromatic rings. The van der Waals surface area contributed by atoms with Gasteiger partial charge in [-0.25, -0.2) is 9.18 Å². The Morgan fingerprint density at radius 1 is 1.06 bits per heavy atom. The normalized spacial score (nSPS) is 14.5. The van der Waals surface area contributed by atoms with Crippen molar-refractivity contribution in [2.24, 2.45) is 0 Å². The van der Waals surface area contributed by atoms with Gasteiger partial charge < -0.3 is 4.74 Å². The third-order valence-electron chi connectivity index (χ3n) is 4.79. The van der Waals surface area contributed by atoms with Gasteiger partial charge in [0, 0.05) is 12.1 Å². The van der Waals surface area contributed by atoms with E-state index in [0.29, 0.717) is 11.1 Å². The number of halogens is 1. The van der Waals surface area contributed by atoms with Crippen LogP contribution in [0, 0.1) is 15.9 Å². The number of nitro groups is 1. The summed E-state index contributed by atoms with van der Waals surface area (Å²) in [5.74, 6) is -1.52. The lowest BCUT2D eigenvalue weighted by molar-refractivity contribution is -0.384. The number of esters is 1. The minimum absolute atomic E-state index is 0.0153. The Balaban J connectivity index is 1.48. The molecule has 2 amide bonds. The van der Waals surface area contributed by atoms with Gasteiger partial charge in [0.2, 0.25) is 0 Å². The number of thioether (sulfide) groups is 1. The first-order valence-corrected chi connectivity index (χ1v) is 10.7. The van der Waals surface area contributed by atoms with Crippen molar-refractivity contribution < 1.29 is 28.4 Å². The summed E-state index contributed by atoms with van der Waals surface area (Å²) in [6.45, 7) is 0.0170. The number of benzene rings is 3. The van der Waals surface area contributed by atoms with Crippen molar-refractivity contribution in [2.75, 3.05) is 0 Å². The van der Waals surface area contributed by atoms with Crippen LogP contribution >= 0.6 is 11.8 Å². The molecule has 170 valence electrons. The summed E-state index contributed by atoms with van der Waals surface area (Å²) in [6, 6.07) is 17.0. The molecule has 0 aliphatic carbocycles. The van der Waals surface area contributed by atoms with Crippen LogP contribution in [0.5, 0.6) is 5.75 Å². The number of hydrogen-bond donors (Lipinski definition) is 0. The number of carbonyl (C=O) groups excluding carboxylic acids is 3. The fourth-order valence-corrected chi connectivity index (χ4v) is 3.98. The van der Waals surface area contributed by atoms with Crippen LogP contribution in [0.4, 0.5) is 14.9 Å². The Bertz CT molecular complexity index is 1340. The van der Waals surface area contributed by atoms with Crippen molar-refractivity contribution in [3.63, 3.8) is 0 Å². The van der Waals surface area contributed by atoms with Crippen molar-refractivity contribution in [1.82, 2.24) is 4.90 Å². The van der Waals surface area contributed by atoms with Crippen LogP contribution in [0.15, 0.2) is 77.7 Å². The van der Waals surface area contributed by atoms with Gasteiger partial charge in [-0.15, -0.1) is 0 Å². The van der Waals surface area contributed by atoms with E-state index in [2.05, 4.69) is 0 Å². The highest BCUT2D eigenvalue weighted by atomic mass is 32.2. The number of non-ortho nitro benzene ring substituents is 1. The van der Waals surface area contributed by atoms with Crippen LogP contribution in [0.1, 0.15) is 21.5 Å². The van der Waals surface area contributed by atoms with Gasteiger partial charge in [-0.2, -0.15) is 0 Å². The molecule has 1 saturated heterocycles. The molecule has 34 heavy (non-hydrogen) atoms. The zero-order valence-electron chi connectivity index (χ0n) is 17.3. The molecule has 10 heteroatoms. The third-order valence-corrected chi connectivity index (χ3v) is 5.69. The van der Waals surface area contributed by atoms with E-state index in [-0.39, 0.29) is 28.5 Å². The van der Waals surface area contributed by atoms with Gasteiger partial charge in [0.1, 0.15) is 11.6 Å². The van der Waals surface area contributed by atoms with E-state index in [1.165, 1.54) is 60.7 Å². The smallest absolute Gasteiger partial charge is 0.343 e. The van der Waals surface area contributed by atoms with Gasteiger partial charge >= 0.3 is 5.97 Å². The maximum Gasteiger partial charge on any atom is 0.343 e. The molecule has 8 nitrogen and oxygen atoms in total. The Morgan fingerprint density at radius 3 is 2.53 bits per heavy atom. The Hall–Kier alpha value is -4.31. The highest BCUT2D eigenvalue weighted by molar-refractivity contribution is 8.18. The molecule has 0 spiro atoms.